The molecule has 7 heteroatoms. The molecule has 1 aromatic carbocycles. The third-order valence-corrected chi connectivity index (χ3v) is 2.47. The van der Waals surface area contributed by atoms with Crippen LogP contribution in [-0.4, -0.2) is 27.9 Å². The molecule has 2 N–H and O–H groups in total. The number of carbonyl (C=O) groups is 2. The van der Waals surface area contributed by atoms with Gasteiger partial charge in [-0.2, -0.15) is 0 Å². The molecule has 1 rings (SSSR count). The molecule has 0 fully saturated rings. The molecule has 7 nitrogen and oxygen atoms in total. The van der Waals surface area contributed by atoms with E-state index in [0.29, 0.717) is 5.56 Å². The zero-order valence-corrected chi connectivity index (χ0v) is 10.4. The van der Waals surface area contributed by atoms with E-state index in [1.807, 2.05) is 0 Å². The maximum Gasteiger partial charge on any atom is 0.327 e. The summed E-state index contributed by atoms with van der Waals surface area (Å²) < 4.78 is 0. The van der Waals surface area contributed by atoms with Crippen molar-refractivity contribution in [3.63, 3.8) is 0 Å². The van der Waals surface area contributed by atoms with Crippen LogP contribution >= 0.6 is 0 Å². The molecule has 0 aliphatic heterocycles. The Hall–Kier alpha value is -2.88. The van der Waals surface area contributed by atoms with E-state index in [0.717, 1.165) is 0 Å². The molecule has 0 aliphatic carbocycles. The second-order valence-corrected chi connectivity index (χ2v) is 3.97. The average Bonchev–Trinajstić information content (AvgIpc) is 2.38. The minimum absolute atomic E-state index is 0.0770. The standard InChI is InChI=1S/C13H12N2O5/c1-2-3-11(13(17)18)14-12(16)8-9-4-6-10(7-5-9)15(19)20/h1,4-7,11H,3,8H2,(H,14,16)(H,17,18). The highest BCUT2D eigenvalue weighted by Gasteiger charge is 2.18. The number of nitro groups is 1. The van der Waals surface area contributed by atoms with Crippen LogP contribution in [0.4, 0.5) is 5.69 Å². The number of carbonyl (C=O) groups excluding carboxylic acids is 1. The average molecular weight is 276 g/mol. The fourth-order valence-electron chi connectivity index (χ4n) is 1.48. The predicted molar refractivity (Wildman–Crippen MR) is 69.8 cm³/mol. The smallest absolute Gasteiger partial charge is 0.327 e. The molecule has 104 valence electrons. The van der Waals surface area contributed by atoms with Crippen molar-refractivity contribution >= 4 is 17.6 Å². The number of non-ortho nitro benzene ring substituents is 1. The molecular formula is C13H12N2O5. The molecular weight excluding hydrogens is 264 g/mol. The monoisotopic (exact) mass is 276 g/mol. The lowest BCUT2D eigenvalue weighted by Gasteiger charge is -2.11. The largest absolute Gasteiger partial charge is 0.480 e. The quantitative estimate of drug-likeness (QED) is 0.452. The summed E-state index contributed by atoms with van der Waals surface area (Å²) in [6.45, 7) is 0. The zero-order chi connectivity index (χ0) is 15.1. The van der Waals surface area contributed by atoms with Crippen LogP contribution in [0.2, 0.25) is 0 Å². The van der Waals surface area contributed by atoms with Crippen molar-refractivity contribution in [2.24, 2.45) is 0 Å². The van der Waals surface area contributed by atoms with Crippen molar-refractivity contribution in [2.45, 2.75) is 18.9 Å². The third-order valence-electron chi connectivity index (χ3n) is 2.47. The fourth-order valence-corrected chi connectivity index (χ4v) is 1.48. The highest BCUT2D eigenvalue weighted by molar-refractivity contribution is 5.85. The van der Waals surface area contributed by atoms with Crippen molar-refractivity contribution in [3.8, 4) is 12.3 Å². The number of hydrogen-bond acceptors (Lipinski definition) is 4. The normalized spacial score (nSPS) is 11.2. The van der Waals surface area contributed by atoms with E-state index in [4.69, 9.17) is 11.5 Å². The summed E-state index contributed by atoms with van der Waals surface area (Å²) in [5, 5.41) is 21.6. The molecule has 1 amide bonds. The lowest BCUT2D eigenvalue weighted by molar-refractivity contribution is -0.384. The Morgan fingerprint density at radius 2 is 2.00 bits per heavy atom. The van der Waals surface area contributed by atoms with E-state index >= 15 is 0 Å². The molecule has 0 saturated heterocycles. The number of carboxylic acids is 1. The van der Waals surface area contributed by atoms with Crippen LogP contribution in [0.5, 0.6) is 0 Å². The van der Waals surface area contributed by atoms with Gasteiger partial charge in [0.2, 0.25) is 5.91 Å². The summed E-state index contributed by atoms with van der Waals surface area (Å²) in [7, 11) is 0. The molecule has 0 radical (unpaired) electrons. The topological polar surface area (TPSA) is 110 Å². The second-order valence-electron chi connectivity index (χ2n) is 3.97. The number of nitro benzene ring substituents is 1. The summed E-state index contributed by atoms with van der Waals surface area (Å²) in [6, 6.07) is 4.30. The van der Waals surface area contributed by atoms with Gasteiger partial charge in [-0.3, -0.25) is 14.9 Å². The number of amides is 1. The van der Waals surface area contributed by atoms with Crippen LogP contribution in [0.3, 0.4) is 0 Å². The van der Waals surface area contributed by atoms with E-state index in [-0.39, 0.29) is 18.5 Å². The Morgan fingerprint density at radius 1 is 1.40 bits per heavy atom. The molecule has 0 spiro atoms. The highest BCUT2D eigenvalue weighted by atomic mass is 16.6. The van der Waals surface area contributed by atoms with E-state index in [9.17, 15) is 19.7 Å². The van der Waals surface area contributed by atoms with Crippen LogP contribution in [0.25, 0.3) is 0 Å². The first-order valence-corrected chi connectivity index (χ1v) is 5.63. The lowest BCUT2D eigenvalue weighted by atomic mass is 10.1. The lowest BCUT2D eigenvalue weighted by Crippen LogP contribution is -2.41. The van der Waals surface area contributed by atoms with Crippen molar-refractivity contribution in [1.82, 2.24) is 5.32 Å². The molecule has 0 saturated carbocycles. The molecule has 0 bridgehead atoms. The maximum absolute atomic E-state index is 11.6. The Morgan fingerprint density at radius 3 is 2.45 bits per heavy atom. The van der Waals surface area contributed by atoms with Crippen LogP contribution in [0.15, 0.2) is 24.3 Å². The van der Waals surface area contributed by atoms with Gasteiger partial charge in [0.25, 0.3) is 5.69 Å². The van der Waals surface area contributed by atoms with Crippen molar-refractivity contribution in [3.05, 3.63) is 39.9 Å². The Balaban J connectivity index is 2.64. The number of benzene rings is 1. The van der Waals surface area contributed by atoms with E-state index in [2.05, 4.69) is 11.2 Å². The van der Waals surface area contributed by atoms with Gasteiger partial charge >= 0.3 is 5.97 Å². The van der Waals surface area contributed by atoms with Gasteiger partial charge in [0.1, 0.15) is 6.04 Å². The van der Waals surface area contributed by atoms with Gasteiger partial charge < -0.3 is 10.4 Å². The number of rotatable bonds is 6. The third kappa shape index (κ3) is 4.42. The highest BCUT2D eigenvalue weighted by Crippen LogP contribution is 2.12. The van der Waals surface area contributed by atoms with Gasteiger partial charge in [-0.25, -0.2) is 4.79 Å². The first kappa shape index (κ1) is 15.2. The number of hydrogen-bond donors (Lipinski definition) is 2. The molecule has 20 heavy (non-hydrogen) atoms. The van der Waals surface area contributed by atoms with Crippen molar-refractivity contribution in [2.75, 3.05) is 0 Å². The van der Waals surface area contributed by atoms with Crippen LogP contribution in [0.1, 0.15) is 12.0 Å². The van der Waals surface area contributed by atoms with Crippen LogP contribution in [0, 0.1) is 22.5 Å². The SMILES string of the molecule is C#CCC(NC(=O)Cc1ccc([N+](=O)[O-])cc1)C(=O)O. The number of terminal acetylenes is 1. The van der Waals surface area contributed by atoms with Crippen LogP contribution in [-0.2, 0) is 16.0 Å². The van der Waals surface area contributed by atoms with Crippen LogP contribution < -0.4 is 5.32 Å². The molecule has 0 heterocycles. The summed E-state index contributed by atoms with van der Waals surface area (Å²) in [5.41, 5.74) is 0.461. The summed E-state index contributed by atoms with van der Waals surface area (Å²) in [5.74, 6) is 0.447. The van der Waals surface area contributed by atoms with Gasteiger partial charge in [-0.1, -0.05) is 12.1 Å². The Bertz CT molecular complexity index is 559. The van der Waals surface area contributed by atoms with Gasteiger partial charge in [-0.15, -0.1) is 12.3 Å². The molecule has 1 atom stereocenters. The molecule has 1 unspecified atom stereocenters. The summed E-state index contributed by atoms with van der Waals surface area (Å²) in [4.78, 5) is 32.4. The molecule has 0 aliphatic rings. The molecule has 0 aromatic heterocycles. The number of carboxylic acid groups (broad SMARTS) is 1. The van der Waals surface area contributed by atoms with Crippen molar-refractivity contribution in [1.29, 1.82) is 0 Å². The van der Waals surface area contributed by atoms with Gasteiger partial charge in [0, 0.05) is 18.6 Å². The van der Waals surface area contributed by atoms with Gasteiger partial charge in [-0.05, 0) is 5.56 Å². The van der Waals surface area contributed by atoms with E-state index in [1.54, 1.807) is 0 Å². The summed E-state index contributed by atoms with van der Waals surface area (Å²) in [6.07, 6.45) is 4.83. The maximum atomic E-state index is 11.6. The Kier molecular flexibility index (Phi) is 5.23. The van der Waals surface area contributed by atoms with Crippen molar-refractivity contribution < 1.29 is 19.6 Å². The zero-order valence-electron chi connectivity index (χ0n) is 10.4. The minimum Gasteiger partial charge on any atom is -0.480 e. The van der Waals surface area contributed by atoms with E-state index in [1.165, 1.54) is 24.3 Å². The van der Waals surface area contributed by atoms with E-state index < -0.39 is 22.8 Å². The number of nitrogens with one attached hydrogen (secondary N) is 1. The number of nitrogens with zero attached hydrogens (tertiary/aromatic N) is 1. The van der Waals surface area contributed by atoms with Gasteiger partial charge in [0.15, 0.2) is 0 Å². The first-order chi connectivity index (χ1) is 9.43. The predicted octanol–water partition coefficient (Wildman–Crippen LogP) is 0.730. The Labute approximate surface area is 114 Å². The fraction of sp³-hybridized carbons (Fsp3) is 0.231. The molecule has 1 aromatic rings. The van der Waals surface area contributed by atoms with Gasteiger partial charge in [0.05, 0.1) is 11.3 Å². The second kappa shape index (κ2) is 6.89. The minimum atomic E-state index is -1.21. The summed E-state index contributed by atoms with van der Waals surface area (Å²) >= 11 is 0. The first-order valence-electron chi connectivity index (χ1n) is 5.63. The number of aliphatic carboxylic acids is 1.